The van der Waals surface area contributed by atoms with Crippen LogP contribution in [-0.2, 0) is 0 Å². The monoisotopic (exact) mass is 257 g/mol. The zero-order valence-corrected chi connectivity index (χ0v) is 9.84. The van der Waals surface area contributed by atoms with Gasteiger partial charge >= 0.3 is 6.61 Å². The molecule has 0 aliphatic rings. The summed E-state index contributed by atoms with van der Waals surface area (Å²) in [7, 11) is 0. The molecular formula is C12H10ClF2NO. The fourth-order valence-electron chi connectivity index (χ4n) is 1.24. The lowest BCUT2D eigenvalue weighted by molar-refractivity contribution is -0.0498. The third-order valence-corrected chi connectivity index (χ3v) is 2.53. The maximum Gasteiger partial charge on any atom is 0.387 e. The third-order valence-electron chi connectivity index (χ3n) is 2.09. The number of hydrogen-bond donors (Lipinski definition) is 0. The molecule has 0 saturated carbocycles. The van der Waals surface area contributed by atoms with Gasteiger partial charge in [0.1, 0.15) is 5.75 Å². The molecule has 0 aromatic heterocycles. The molecule has 1 aromatic rings. The lowest BCUT2D eigenvalue weighted by Gasteiger charge is -2.06. The highest BCUT2D eigenvalue weighted by atomic mass is 35.5. The largest absolute Gasteiger partial charge is 0.435 e. The van der Waals surface area contributed by atoms with Gasteiger partial charge in [0.2, 0.25) is 0 Å². The molecule has 0 amide bonds. The van der Waals surface area contributed by atoms with Crippen LogP contribution in [0.4, 0.5) is 8.78 Å². The number of allylic oxidation sites excluding steroid dienone is 1. The molecule has 5 heteroatoms. The average molecular weight is 258 g/mol. The zero-order chi connectivity index (χ0) is 12.8. The van der Waals surface area contributed by atoms with Crippen LogP contribution in [0.1, 0.15) is 18.9 Å². The van der Waals surface area contributed by atoms with Crippen LogP contribution in [-0.4, -0.2) is 6.61 Å². The van der Waals surface area contributed by atoms with E-state index >= 15 is 0 Å². The van der Waals surface area contributed by atoms with Crippen LogP contribution in [0.2, 0.25) is 0 Å². The molecule has 0 unspecified atom stereocenters. The minimum absolute atomic E-state index is 0.0585. The second-order valence-corrected chi connectivity index (χ2v) is 3.54. The van der Waals surface area contributed by atoms with Crippen LogP contribution in [0.15, 0.2) is 29.8 Å². The molecule has 1 rings (SSSR count). The van der Waals surface area contributed by atoms with Crippen molar-refractivity contribution in [2.24, 2.45) is 0 Å². The van der Waals surface area contributed by atoms with Gasteiger partial charge in [-0.2, -0.15) is 14.0 Å². The number of nitriles is 1. The summed E-state index contributed by atoms with van der Waals surface area (Å²) >= 11 is 6.00. The molecule has 0 atom stereocenters. The molecule has 0 bridgehead atoms. The van der Waals surface area contributed by atoms with Crippen LogP contribution < -0.4 is 4.74 Å². The third kappa shape index (κ3) is 3.72. The van der Waals surface area contributed by atoms with Crippen molar-refractivity contribution in [2.45, 2.75) is 20.0 Å². The number of ether oxygens (including phenoxy) is 1. The zero-order valence-electron chi connectivity index (χ0n) is 9.08. The van der Waals surface area contributed by atoms with E-state index in [1.807, 2.05) is 13.0 Å². The summed E-state index contributed by atoms with van der Waals surface area (Å²) in [6, 6.07) is 7.83. The van der Waals surface area contributed by atoms with E-state index in [1.165, 1.54) is 24.3 Å². The standard InChI is InChI=1S/C12H10ClF2NO/c1-2-8(7-16)11(13)9-3-5-10(6-4-9)17-12(14)15/h3-6,12H,2H2,1H3. The second-order valence-electron chi connectivity index (χ2n) is 3.16. The number of hydrogen-bond acceptors (Lipinski definition) is 2. The second kappa shape index (κ2) is 6.21. The number of halogens is 3. The van der Waals surface area contributed by atoms with Gasteiger partial charge in [0.15, 0.2) is 0 Å². The van der Waals surface area contributed by atoms with Gasteiger partial charge in [0.25, 0.3) is 0 Å². The highest BCUT2D eigenvalue weighted by Crippen LogP contribution is 2.26. The fraction of sp³-hybridized carbons (Fsp3) is 0.250. The first-order chi connectivity index (χ1) is 8.08. The Morgan fingerprint density at radius 3 is 2.41 bits per heavy atom. The number of alkyl halides is 2. The quantitative estimate of drug-likeness (QED) is 0.759. The predicted molar refractivity (Wildman–Crippen MR) is 61.8 cm³/mol. The van der Waals surface area contributed by atoms with Gasteiger partial charge in [0, 0.05) is 5.57 Å². The number of nitrogens with zero attached hydrogens (tertiary/aromatic N) is 1. The molecule has 90 valence electrons. The molecular weight excluding hydrogens is 248 g/mol. The van der Waals surface area contributed by atoms with Crippen molar-refractivity contribution < 1.29 is 13.5 Å². The minimum atomic E-state index is -2.85. The maximum absolute atomic E-state index is 11.9. The Balaban J connectivity index is 2.96. The van der Waals surface area contributed by atoms with Crippen LogP contribution in [0, 0.1) is 11.3 Å². The van der Waals surface area contributed by atoms with Gasteiger partial charge in [-0.25, -0.2) is 0 Å². The first-order valence-electron chi connectivity index (χ1n) is 4.92. The maximum atomic E-state index is 11.9. The Morgan fingerprint density at radius 2 is 2.00 bits per heavy atom. The van der Waals surface area contributed by atoms with Crippen molar-refractivity contribution in [1.29, 1.82) is 5.26 Å². The Bertz CT molecular complexity index is 449. The van der Waals surface area contributed by atoms with Gasteiger partial charge < -0.3 is 4.74 Å². The SMILES string of the molecule is CCC(C#N)=C(Cl)c1ccc(OC(F)F)cc1. The van der Waals surface area contributed by atoms with Crippen LogP contribution >= 0.6 is 11.6 Å². The number of benzene rings is 1. The van der Waals surface area contributed by atoms with Gasteiger partial charge in [-0.05, 0) is 36.2 Å². The molecule has 2 nitrogen and oxygen atoms in total. The summed E-state index contributed by atoms with van der Waals surface area (Å²) in [5.41, 5.74) is 1.06. The van der Waals surface area contributed by atoms with Crippen LogP contribution in [0.25, 0.3) is 5.03 Å². The van der Waals surface area contributed by atoms with E-state index in [4.69, 9.17) is 16.9 Å². The molecule has 1 aromatic carbocycles. The summed E-state index contributed by atoms with van der Waals surface area (Å²) in [6.07, 6.45) is 0.518. The topological polar surface area (TPSA) is 33.0 Å². The van der Waals surface area contributed by atoms with Gasteiger partial charge in [-0.15, -0.1) is 0 Å². The molecule has 0 saturated heterocycles. The van der Waals surface area contributed by atoms with Crippen molar-refractivity contribution in [3.63, 3.8) is 0 Å². The molecule has 0 radical (unpaired) electrons. The molecule has 17 heavy (non-hydrogen) atoms. The molecule has 0 spiro atoms. The first kappa shape index (κ1) is 13.5. The molecule has 0 heterocycles. The summed E-state index contributed by atoms with van der Waals surface area (Å²) in [5, 5.41) is 9.15. The minimum Gasteiger partial charge on any atom is -0.435 e. The summed E-state index contributed by atoms with van der Waals surface area (Å²) in [6.45, 7) is -1.04. The van der Waals surface area contributed by atoms with E-state index in [-0.39, 0.29) is 5.75 Å². The lowest BCUT2D eigenvalue weighted by atomic mass is 10.1. The Kier molecular flexibility index (Phi) is 4.92. The van der Waals surface area contributed by atoms with Crippen LogP contribution in [0.3, 0.4) is 0 Å². The fourth-order valence-corrected chi connectivity index (χ4v) is 1.54. The average Bonchev–Trinajstić information content (AvgIpc) is 2.30. The van der Waals surface area contributed by atoms with Gasteiger partial charge in [0.05, 0.1) is 11.1 Å². The van der Waals surface area contributed by atoms with Crippen molar-refractivity contribution in [3.05, 3.63) is 35.4 Å². The Labute approximate surface area is 103 Å². The highest BCUT2D eigenvalue weighted by molar-refractivity contribution is 6.49. The van der Waals surface area contributed by atoms with Crippen molar-refractivity contribution in [3.8, 4) is 11.8 Å². The van der Waals surface area contributed by atoms with E-state index in [9.17, 15) is 8.78 Å². The van der Waals surface area contributed by atoms with Crippen molar-refractivity contribution >= 4 is 16.6 Å². The summed E-state index contributed by atoms with van der Waals surface area (Å²) < 4.78 is 28.0. The van der Waals surface area contributed by atoms with E-state index in [1.54, 1.807) is 0 Å². The smallest absolute Gasteiger partial charge is 0.387 e. The first-order valence-corrected chi connectivity index (χ1v) is 5.30. The van der Waals surface area contributed by atoms with Crippen molar-refractivity contribution in [1.82, 2.24) is 0 Å². The highest BCUT2D eigenvalue weighted by Gasteiger charge is 2.07. The Hall–Kier alpha value is -1.60. The van der Waals surface area contributed by atoms with E-state index in [0.29, 0.717) is 22.6 Å². The summed E-state index contributed by atoms with van der Waals surface area (Å²) in [4.78, 5) is 0. The normalized spacial score (nSPS) is 12.0. The van der Waals surface area contributed by atoms with E-state index in [0.717, 1.165) is 0 Å². The van der Waals surface area contributed by atoms with Crippen molar-refractivity contribution in [2.75, 3.05) is 0 Å². The molecule has 0 aliphatic heterocycles. The van der Waals surface area contributed by atoms with E-state index in [2.05, 4.69) is 4.74 Å². The van der Waals surface area contributed by atoms with Crippen LogP contribution in [0.5, 0.6) is 5.75 Å². The molecule has 0 aliphatic carbocycles. The van der Waals surface area contributed by atoms with Gasteiger partial charge in [-0.1, -0.05) is 18.5 Å². The lowest BCUT2D eigenvalue weighted by Crippen LogP contribution is -2.01. The number of rotatable bonds is 4. The van der Waals surface area contributed by atoms with Gasteiger partial charge in [-0.3, -0.25) is 0 Å². The summed E-state index contributed by atoms with van der Waals surface area (Å²) in [5.74, 6) is 0.0585. The molecule has 0 fully saturated rings. The molecule has 0 N–H and O–H groups in total. The Morgan fingerprint density at radius 1 is 1.41 bits per heavy atom. The van der Waals surface area contributed by atoms with E-state index < -0.39 is 6.61 Å². The predicted octanol–water partition coefficient (Wildman–Crippen LogP) is 4.17.